The van der Waals surface area contributed by atoms with Gasteiger partial charge in [-0.1, -0.05) is 59.6 Å². The third-order valence-corrected chi connectivity index (χ3v) is 6.63. The molecule has 1 N–H and O–H groups in total. The van der Waals surface area contributed by atoms with Gasteiger partial charge < -0.3 is 4.90 Å². The van der Waals surface area contributed by atoms with Gasteiger partial charge in [0.2, 0.25) is 11.6 Å². The number of nitrogens with zero attached hydrogens (tertiary/aromatic N) is 2. The Hall–Kier alpha value is -2.89. The first kappa shape index (κ1) is 20.0. The van der Waals surface area contributed by atoms with Gasteiger partial charge in [0.1, 0.15) is 10.7 Å². The van der Waals surface area contributed by atoms with Crippen molar-refractivity contribution in [1.82, 2.24) is 15.1 Å². The van der Waals surface area contributed by atoms with Gasteiger partial charge in [0.05, 0.1) is 5.69 Å². The Morgan fingerprint density at radius 1 is 0.903 bits per heavy atom. The van der Waals surface area contributed by atoms with Crippen LogP contribution in [0.4, 0.5) is 0 Å². The minimum atomic E-state index is -0.282. The van der Waals surface area contributed by atoms with Crippen LogP contribution in [-0.4, -0.2) is 39.8 Å². The number of likely N-dealkylation sites (tertiary alicyclic amines) is 1. The van der Waals surface area contributed by atoms with E-state index in [1.807, 2.05) is 29.2 Å². The number of aromatic nitrogens is 2. The summed E-state index contributed by atoms with van der Waals surface area (Å²) in [5, 5.41) is 8.32. The first-order valence-corrected chi connectivity index (χ1v) is 10.9. The Morgan fingerprint density at radius 2 is 1.55 bits per heavy atom. The van der Waals surface area contributed by atoms with E-state index in [-0.39, 0.29) is 16.6 Å². The predicted octanol–water partition coefficient (Wildman–Crippen LogP) is 5.44. The van der Waals surface area contributed by atoms with Gasteiger partial charge in [-0.2, -0.15) is 5.10 Å². The lowest BCUT2D eigenvalue weighted by Gasteiger charge is -2.35. The summed E-state index contributed by atoms with van der Waals surface area (Å²) in [6.07, 6.45) is 1.66. The second-order valence-corrected chi connectivity index (χ2v) is 8.66. The first-order chi connectivity index (χ1) is 15.0. The number of Topliss-reactive ketones (excluding diaryl/α,β-unsaturated/α-hetero) is 2. The molecular formula is C24H19Cl2N3O2. The molecule has 156 valence electrons. The molecule has 0 radical (unpaired) electrons. The van der Waals surface area contributed by atoms with E-state index in [1.54, 1.807) is 24.3 Å². The Morgan fingerprint density at radius 3 is 2.23 bits per heavy atom. The number of carbonyl (C=O) groups excluding carboxylic acids is 2. The molecule has 7 heteroatoms. The summed E-state index contributed by atoms with van der Waals surface area (Å²) in [6, 6.07) is 16.5. The molecule has 0 unspecified atom stereocenters. The molecule has 2 heterocycles. The van der Waals surface area contributed by atoms with E-state index in [4.69, 9.17) is 23.2 Å². The molecule has 3 aromatic rings. The zero-order valence-corrected chi connectivity index (χ0v) is 18.1. The smallest absolute Gasteiger partial charge is 0.211 e. The molecule has 1 aromatic heterocycles. The summed E-state index contributed by atoms with van der Waals surface area (Å²) in [5.74, 6) is -0.161. The van der Waals surface area contributed by atoms with Crippen LogP contribution < -0.4 is 0 Å². The number of fused-ring (bicyclic) bond motifs is 1. The van der Waals surface area contributed by atoms with Crippen molar-refractivity contribution in [2.45, 2.75) is 18.8 Å². The van der Waals surface area contributed by atoms with Crippen LogP contribution in [0.3, 0.4) is 0 Å². The quantitative estimate of drug-likeness (QED) is 0.575. The van der Waals surface area contributed by atoms with E-state index in [2.05, 4.69) is 16.3 Å². The van der Waals surface area contributed by atoms with Crippen molar-refractivity contribution in [3.8, 4) is 11.3 Å². The molecule has 31 heavy (non-hydrogen) atoms. The lowest BCUT2D eigenvalue weighted by Crippen LogP contribution is -2.38. The number of rotatable bonds is 3. The lowest BCUT2D eigenvalue weighted by atomic mass is 9.89. The molecule has 1 saturated heterocycles. The summed E-state index contributed by atoms with van der Waals surface area (Å²) in [6.45, 7) is 1.29. The van der Waals surface area contributed by atoms with Crippen LogP contribution in [0.5, 0.6) is 0 Å². The number of ketones is 2. The van der Waals surface area contributed by atoms with Gasteiger partial charge in [0.15, 0.2) is 0 Å². The minimum Gasteiger partial charge on any atom is -0.367 e. The first-order valence-electron chi connectivity index (χ1n) is 10.2. The van der Waals surface area contributed by atoms with Crippen LogP contribution in [-0.2, 0) is 0 Å². The molecular weight excluding hydrogens is 433 g/mol. The Balaban J connectivity index is 1.32. The summed E-state index contributed by atoms with van der Waals surface area (Å²) in [5.41, 5.74) is 4.09. The number of hydrogen-bond donors (Lipinski definition) is 1. The Bertz CT molecular complexity index is 1210. The van der Waals surface area contributed by atoms with Crippen LogP contribution >= 0.6 is 23.2 Å². The van der Waals surface area contributed by atoms with Crippen LogP contribution in [0.2, 0.25) is 5.02 Å². The lowest BCUT2D eigenvalue weighted by molar-refractivity contribution is 0.0937. The van der Waals surface area contributed by atoms with E-state index in [0.717, 1.165) is 29.8 Å². The average Bonchev–Trinajstić information content (AvgIpc) is 3.29. The normalized spacial score (nSPS) is 17.3. The molecule has 1 fully saturated rings. The summed E-state index contributed by atoms with van der Waals surface area (Å²) < 4.78 is 0. The van der Waals surface area contributed by atoms with E-state index in [1.165, 1.54) is 0 Å². The highest BCUT2D eigenvalue weighted by Gasteiger charge is 2.35. The summed E-state index contributed by atoms with van der Waals surface area (Å²) in [7, 11) is 0. The summed E-state index contributed by atoms with van der Waals surface area (Å²) in [4.78, 5) is 27.7. The van der Waals surface area contributed by atoms with Crippen molar-refractivity contribution >= 4 is 34.8 Å². The maximum absolute atomic E-state index is 13.0. The van der Waals surface area contributed by atoms with Gasteiger partial charge in [-0.25, -0.2) is 0 Å². The number of aromatic amines is 1. The van der Waals surface area contributed by atoms with E-state index < -0.39 is 0 Å². The zero-order valence-electron chi connectivity index (χ0n) is 16.6. The van der Waals surface area contributed by atoms with Crippen molar-refractivity contribution in [1.29, 1.82) is 0 Å². The molecule has 1 aliphatic carbocycles. The van der Waals surface area contributed by atoms with E-state index >= 15 is 0 Å². The topological polar surface area (TPSA) is 66.1 Å². The fourth-order valence-electron chi connectivity index (χ4n) is 4.34. The number of allylic oxidation sites excluding steroid dienone is 2. The van der Waals surface area contributed by atoms with Gasteiger partial charge in [-0.15, -0.1) is 0 Å². The van der Waals surface area contributed by atoms with E-state index in [0.29, 0.717) is 40.9 Å². The molecule has 2 aromatic carbocycles. The maximum atomic E-state index is 13.0. The highest BCUT2D eigenvalue weighted by Crippen LogP contribution is 2.35. The zero-order chi connectivity index (χ0) is 21.5. The standard InChI is InChI=1S/C24H19Cl2N3O2/c25-16-7-5-14(6-8-16)19-13-20(28-27-19)15-9-11-29(12-10-15)22-21(26)23(30)17-3-1-2-4-18(17)24(22)31/h1-8,13,15H,9-12H2,(H,27,28). The Kier molecular flexibility index (Phi) is 5.16. The molecule has 0 spiro atoms. The maximum Gasteiger partial charge on any atom is 0.211 e. The summed E-state index contributed by atoms with van der Waals surface area (Å²) >= 11 is 12.3. The van der Waals surface area contributed by atoms with Gasteiger partial charge >= 0.3 is 0 Å². The average molecular weight is 452 g/mol. The van der Waals surface area contributed by atoms with Crippen molar-refractivity contribution in [2.75, 3.05) is 13.1 Å². The fraction of sp³-hybridized carbons (Fsp3) is 0.208. The molecule has 2 aliphatic rings. The van der Waals surface area contributed by atoms with Crippen LogP contribution in [0, 0.1) is 0 Å². The van der Waals surface area contributed by atoms with Crippen molar-refractivity contribution in [3.05, 3.63) is 87.2 Å². The Labute approximate surface area is 189 Å². The number of benzene rings is 2. The van der Waals surface area contributed by atoms with Crippen LogP contribution in [0.15, 0.2) is 65.3 Å². The van der Waals surface area contributed by atoms with Gasteiger partial charge in [0, 0.05) is 46.4 Å². The van der Waals surface area contributed by atoms with Crippen LogP contribution in [0.1, 0.15) is 45.2 Å². The third-order valence-electron chi connectivity index (χ3n) is 6.03. The predicted molar refractivity (Wildman–Crippen MR) is 121 cm³/mol. The number of piperidine rings is 1. The monoisotopic (exact) mass is 451 g/mol. The number of hydrogen-bond acceptors (Lipinski definition) is 4. The molecule has 0 saturated carbocycles. The van der Waals surface area contributed by atoms with Gasteiger partial charge in [0.25, 0.3) is 0 Å². The minimum absolute atomic E-state index is 0.0220. The van der Waals surface area contributed by atoms with E-state index in [9.17, 15) is 9.59 Å². The molecule has 0 atom stereocenters. The van der Waals surface area contributed by atoms with Gasteiger partial charge in [-0.3, -0.25) is 14.7 Å². The highest BCUT2D eigenvalue weighted by atomic mass is 35.5. The SMILES string of the molecule is O=C1C(Cl)=C(N2CCC(c3cc(-c4ccc(Cl)cc4)n[nH]3)CC2)C(=O)c2ccccc21. The molecule has 0 amide bonds. The second kappa shape index (κ2) is 7.98. The van der Waals surface area contributed by atoms with Crippen LogP contribution in [0.25, 0.3) is 11.3 Å². The molecule has 1 aliphatic heterocycles. The number of nitrogens with one attached hydrogen (secondary N) is 1. The largest absolute Gasteiger partial charge is 0.367 e. The third kappa shape index (κ3) is 3.58. The fourth-order valence-corrected chi connectivity index (χ4v) is 4.78. The molecule has 5 rings (SSSR count). The van der Waals surface area contributed by atoms with Gasteiger partial charge in [-0.05, 0) is 31.0 Å². The van der Waals surface area contributed by atoms with Crippen molar-refractivity contribution in [3.63, 3.8) is 0 Å². The molecule has 5 nitrogen and oxygen atoms in total. The highest BCUT2D eigenvalue weighted by molar-refractivity contribution is 6.49. The van der Waals surface area contributed by atoms with Crippen molar-refractivity contribution in [2.24, 2.45) is 0 Å². The second-order valence-electron chi connectivity index (χ2n) is 7.84. The number of H-pyrrole nitrogens is 1. The molecule has 0 bridgehead atoms. The number of halogens is 2. The number of carbonyl (C=O) groups is 2. The van der Waals surface area contributed by atoms with Crippen molar-refractivity contribution < 1.29 is 9.59 Å².